The summed E-state index contributed by atoms with van der Waals surface area (Å²) < 4.78 is 10.5. The molecule has 0 spiro atoms. The minimum absolute atomic E-state index is 0.0329. The zero-order valence-corrected chi connectivity index (χ0v) is 10.9. The third kappa shape index (κ3) is 1.89. The molecular weight excluding hydrogens is 216 g/mol. The maximum absolute atomic E-state index is 10.7. The van der Waals surface area contributed by atoms with Crippen LogP contribution in [0.2, 0.25) is 0 Å². The van der Waals surface area contributed by atoms with E-state index in [-0.39, 0.29) is 5.41 Å². The summed E-state index contributed by atoms with van der Waals surface area (Å²) >= 11 is 0. The number of rotatable bonds is 4. The molecule has 1 saturated carbocycles. The Morgan fingerprint density at radius 1 is 1.24 bits per heavy atom. The minimum atomic E-state index is -0.857. The number of hydrogen-bond donors (Lipinski definition) is 1. The van der Waals surface area contributed by atoms with Crippen molar-refractivity contribution < 1.29 is 14.6 Å². The number of ether oxygens (including phenoxy) is 2. The second-order valence-electron chi connectivity index (χ2n) is 5.20. The highest BCUT2D eigenvalue weighted by Gasteiger charge is 2.54. The van der Waals surface area contributed by atoms with Gasteiger partial charge in [0.25, 0.3) is 0 Å². The summed E-state index contributed by atoms with van der Waals surface area (Å²) in [4.78, 5) is 0. The van der Waals surface area contributed by atoms with Crippen molar-refractivity contribution in [2.24, 2.45) is 5.41 Å². The van der Waals surface area contributed by atoms with Crippen molar-refractivity contribution in [2.45, 2.75) is 32.3 Å². The van der Waals surface area contributed by atoms with Gasteiger partial charge < -0.3 is 14.6 Å². The first kappa shape index (κ1) is 12.2. The van der Waals surface area contributed by atoms with E-state index in [1.54, 1.807) is 14.2 Å². The van der Waals surface area contributed by atoms with Gasteiger partial charge in [-0.2, -0.15) is 0 Å². The summed E-state index contributed by atoms with van der Waals surface area (Å²) in [5.74, 6) is 1.42. The molecule has 1 N–H and O–H groups in total. The molecule has 0 heterocycles. The van der Waals surface area contributed by atoms with Gasteiger partial charge in [0.15, 0.2) is 0 Å². The predicted octanol–water partition coefficient (Wildman–Crippen LogP) is 2.71. The highest BCUT2D eigenvalue weighted by atomic mass is 16.5. The van der Waals surface area contributed by atoms with Gasteiger partial charge in [0.2, 0.25) is 0 Å². The van der Waals surface area contributed by atoms with E-state index in [1.807, 2.05) is 25.1 Å². The van der Waals surface area contributed by atoms with Crippen LogP contribution in [0.3, 0.4) is 0 Å². The van der Waals surface area contributed by atoms with Crippen molar-refractivity contribution in [3.63, 3.8) is 0 Å². The van der Waals surface area contributed by atoms with Gasteiger partial charge in [0.1, 0.15) is 11.5 Å². The highest BCUT2D eigenvalue weighted by molar-refractivity contribution is 5.45. The Kier molecular flexibility index (Phi) is 2.82. The largest absolute Gasteiger partial charge is 0.497 e. The zero-order valence-electron chi connectivity index (χ0n) is 10.9. The fourth-order valence-corrected chi connectivity index (χ4v) is 2.20. The van der Waals surface area contributed by atoms with Gasteiger partial charge in [-0.15, -0.1) is 0 Å². The maximum atomic E-state index is 10.7. The van der Waals surface area contributed by atoms with Gasteiger partial charge in [0, 0.05) is 17.0 Å². The Morgan fingerprint density at radius 3 is 2.35 bits per heavy atom. The van der Waals surface area contributed by atoms with Crippen molar-refractivity contribution in [2.75, 3.05) is 14.2 Å². The Balaban J connectivity index is 2.44. The molecule has 1 aliphatic rings. The average molecular weight is 236 g/mol. The molecule has 94 valence electrons. The smallest absolute Gasteiger partial charge is 0.128 e. The quantitative estimate of drug-likeness (QED) is 0.873. The Hall–Kier alpha value is -1.22. The van der Waals surface area contributed by atoms with Gasteiger partial charge in [-0.3, -0.25) is 0 Å². The van der Waals surface area contributed by atoms with E-state index in [9.17, 15) is 5.11 Å². The topological polar surface area (TPSA) is 38.7 Å². The molecule has 0 radical (unpaired) electrons. The van der Waals surface area contributed by atoms with E-state index < -0.39 is 5.60 Å². The second kappa shape index (κ2) is 3.91. The van der Waals surface area contributed by atoms with Crippen LogP contribution in [-0.4, -0.2) is 19.3 Å². The molecule has 1 atom stereocenters. The third-order valence-electron chi connectivity index (χ3n) is 4.11. The fraction of sp³-hybridized carbons (Fsp3) is 0.571. The van der Waals surface area contributed by atoms with E-state index in [2.05, 4.69) is 6.92 Å². The summed E-state index contributed by atoms with van der Waals surface area (Å²) in [6.45, 7) is 3.97. The number of hydrogen-bond acceptors (Lipinski definition) is 3. The van der Waals surface area contributed by atoms with Crippen LogP contribution in [0.1, 0.15) is 32.3 Å². The van der Waals surface area contributed by atoms with Crippen LogP contribution in [0.15, 0.2) is 18.2 Å². The summed E-state index contributed by atoms with van der Waals surface area (Å²) in [5, 5.41) is 10.7. The van der Waals surface area contributed by atoms with E-state index in [0.29, 0.717) is 5.75 Å². The summed E-state index contributed by atoms with van der Waals surface area (Å²) in [6.07, 6.45) is 2.10. The molecule has 1 aromatic rings. The van der Waals surface area contributed by atoms with Crippen molar-refractivity contribution in [3.05, 3.63) is 23.8 Å². The lowest BCUT2D eigenvalue weighted by molar-refractivity contribution is -0.0145. The first-order valence-electron chi connectivity index (χ1n) is 5.89. The minimum Gasteiger partial charge on any atom is -0.497 e. The van der Waals surface area contributed by atoms with Crippen LogP contribution >= 0.6 is 0 Å². The summed E-state index contributed by atoms with van der Waals surface area (Å²) in [7, 11) is 3.23. The highest BCUT2D eigenvalue weighted by Crippen LogP contribution is 2.59. The van der Waals surface area contributed by atoms with Crippen molar-refractivity contribution in [1.82, 2.24) is 0 Å². The molecular formula is C14H20O3. The molecule has 3 nitrogen and oxygen atoms in total. The molecule has 1 fully saturated rings. The van der Waals surface area contributed by atoms with Crippen molar-refractivity contribution >= 4 is 0 Å². The molecule has 3 heteroatoms. The molecule has 0 amide bonds. The van der Waals surface area contributed by atoms with Gasteiger partial charge in [0.05, 0.1) is 19.8 Å². The molecule has 17 heavy (non-hydrogen) atoms. The molecule has 2 rings (SSSR count). The number of aliphatic hydroxyl groups is 1. The molecule has 0 aliphatic heterocycles. The van der Waals surface area contributed by atoms with Crippen molar-refractivity contribution in [1.29, 1.82) is 0 Å². The molecule has 1 aromatic carbocycles. The fourth-order valence-electron chi connectivity index (χ4n) is 2.20. The third-order valence-corrected chi connectivity index (χ3v) is 4.11. The molecule has 0 aromatic heterocycles. The zero-order chi connectivity index (χ0) is 12.7. The number of benzene rings is 1. The molecule has 1 aliphatic carbocycles. The van der Waals surface area contributed by atoms with Gasteiger partial charge in [-0.1, -0.05) is 6.92 Å². The van der Waals surface area contributed by atoms with Crippen LogP contribution in [0, 0.1) is 5.41 Å². The first-order valence-corrected chi connectivity index (χ1v) is 5.89. The molecule has 0 saturated heterocycles. The van der Waals surface area contributed by atoms with Crippen LogP contribution in [0.25, 0.3) is 0 Å². The second-order valence-corrected chi connectivity index (χ2v) is 5.20. The lowest BCUT2D eigenvalue weighted by atomic mass is 9.81. The number of methoxy groups -OCH3 is 2. The summed E-state index contributed by atoms with van der Waals surface area (Å²) in [6, 6.07) is 5.56. The van der Waals surface area contributed by atoms with Crippen LogP contribution < -0.4 is 9.47 Å². The lowest BCUT2D eigenvalue weighted by Crippen LogP contribution is -2.31. The van der Waals surface area contributed by atoms with E-state index >= 15 is 0 Å². The monoisotopic (exact) mass is 236 g/mol. The van der Waals surface area contributed by atoms with Gasteiger partial charge in [-0.05, 0) is 31.9 Å². The van der Waals surface area contributed by atoms with Crippen LogP contribution in [0.4, 0.5) is 0 Å². The van der Waals surface area contributed by atoms with E-state index in [4.69, 9.17) is 9.47 Å². The first-order chi connectivity index (χ1) is 7.94. The standard InChI is InChI=1S/C14H20O3/c1-13(7-8-13)14(2,15)11-6-5-10(16-3)9-12(11)17-4/h5-6,9,15H,7-8H2,1-4H3. The molecule has 1 unspecified atom stereocenters. The maximum Gasteiger partial charge on any atom is 0.128 e. The van der Waals surface area contributed by atoms with Crippen LogP contribution in [0.5, 0.6) is 11.5 Å². The Labute approximate surface area is 102 Å². The average Bonchev–Trinajstić information content (AvgIpc) is 3.08. The SMILES string of the molecule is COc1ccc(C(C)(O)C2(C)CC2)c(OC)c1. The summed E-state index contributed by atoms with van der Waals surface area (Å²) in [5.41, 5.74) is -0.0553. The van der Waals surface area contributed by atoms with E-state index in [1.165, 1.54) is 0 Å². The lowest BCUT2D eigenvalue weighted by Gasteiger charge is -2.32. The normalized spacial score (nSPS) is 20.5. The van der Waals surface area contributed by atoms with E-state index in [0.717, 1.165) is 24.2 Å². The molecule has 0 bridgehead atoms. The van der Waals surface area contributed by atoms with Crippen LogP contribution in [-0.2, 0) is 5.60 Å². The Bertz CT molecular complexity index is 419. The van der Waals surface area contributed by atoms with Gasteiger partial charge >= 0.3 is 0 Å². The van der Waals surface area contributed by atoms with Crippen molar-refractivity contribution in [3.8, 4) is 11.5 Å². The Morgan fingerprint density at radius 2 is 1.88 bits per heavy atom. The predicted molar refractivity (Wildman–Crippen MR) is 66.5 cm³/mol. The van der Waals surface area contributed by atoms with Gasteiger partial charge in [-0.25, -0.2) is 0 Å².